The minimum absolute atomic E-state index is 0.0777. The van der Waals surface area contributed by atoms with Gasteiger partial charge in [0.25, 0.3) is 0 Å². The molecule has 0 spiro atoms. The summed E-state index contributed by atoms with van der Waals surface area (Å²) in [5.41, 5.74) is 5.38. The molecule has 3 aromatic carbocycles. The van der Waals surface area contributed by atoms with E-state index in [9.17, 15) is 23.2 Å². The number of hydrogen-bond acceptors (Lipinski definition) is 6. The number of benzene rings is 3. The number of amides is 2. The molecule has 2 heterocycles. The molecule has 0 saturated carbocycles. The average molecular weight is 662 g/mol. The van der Waals surface area contributed by atoms with Crippen LogP contribution in [0.15, 0.2) is 78.0 Å². The Morgan fingerprint density at radius 3 is 2.53 bits per heavy atom. The number of aryl methyl sites for hydroxylation is 1. The summed E-state index contributed by atoms with van der Waals surface area (Å²) in [5, 5.41) is 17.8. The number of urea groups is 1. The third-order valence-corrected chi connectivity index (χ3v) is 8.75. The molecule has 1 aliphatic rings. The summed E-state index contributed by atoms with van der Waals surface area (Å²) in [6.45, 7) is 8.65. The van der Waals surface area contributed by atoms with E-state index in [1.807, 2.05) is 6.07 Å². The van der Waals surface area contributed by atoms with Gasteiger partial charge < -0.3 is 15.0 Å². The predicted molar refractivity (Wildman–Crippen MR) is 177 cm³/mol. The molecule has 0 bridgehead atoms. The molecule has 1 aromatic heterocycles. The Balaban J connectivity index is 1.24. The number of ether oxygens (including phenoxy) is 1. The van der Waals surface area contributed by atoms with E-state index in [1.165, 1.54) is 46.4 Å². The molecule has 13 heteroatoms. The quantitative estimate of drug-likeness (QED) is 0.204. The Hall–Kier alpha value is -4.83. The molecule has 1 N–H and O–H groups in total. The first-order valence-electron chi connectivity index (χ1n) is 15.1. The van der Waals surface area contributed by atoms with Crippen molar-refractivity contribution in [3.05, 3.63) is 89.7 Å². The zero-order valence-corrected chi connectivity index (χ0v) is 27.1. The van der Waals surface area contributed by atoms with Gasteiger partial charge in [-0.05, 0) is 73.2 Å². The van der Waals surface area contributed by atoms with Gasteiger partial charge in [-0.1, -0.05) is 62.0 Å². The second kappa shape index (κ2) is 14.3. The summed E-state index contributed by atoms with van der Waals surface area (Å²) in [6, 6.07) is 20.5. The number of alkyl halides is 3. The summed E-state index contributed by atoms with van der Waals surface area (Å²) >= 11 is 1.55. The molecule has 2 atom stereocenters. The first kappa shape index (κ1) is 33.5. The SMILES string of the molecule is Cc1cccc(N2C(=NC(=O)NCC(C#N)c3ccc(-c4ncn(-c5ccc(OC(F)(F)F)cc5)n4)cc3)SCCC2C)c1C(C)C. The number of carbonyl (C=O) groups excluding carboxylic acids is 1. The van der Waals surface area contributed by atoms with Crippen LogP contribution < -0.4 is 15.0 Å². The Morgan fingerprint density at radius 2 is 1.87 bits per heavy atom. The van der Waals surface area contributed by atoms with Crippen molar-refractivity contribution in [2.24, 2.45) is 4.99 Å². The van der Waals surface area contributed by atoms with E-state index in [0.29, 0.717) is 33.7 Å². The monoisotopic (exact) mass is 661 g/mol. The molecule has 47 heavy (non-hydrogen) atoms. The molecule has 5 rings (SSSR count). The Labute approximate surface area is 275 Å². The van der Waals surface area contributed by atoms with Crippen LogP contribution in [0.4, 0.5) is 23.7 Å². The Kier molecular flexibility index (Phi) is 10.2. The minimum Gasteiger partial charge on any atom is -0.406 e. The molecular formula is C34H34F3N7O2S. The van der Waals surface area contributed by atoms with Crippen LogP contribution in [0.25, 0.3) is 17.1 Å². The van der Waals surface area contributed by atoms with Gasteiger partial charge in [0, 0.05) is 29.6 Å². The number of rotatable bonds is 8. The van der Waals surface area contributed by atoms with Gasteiger partial charge in [-0.2, -0.15) is 10.3 Å². The largest absolute Gasteiger partial charge is 0.573 e. The van der Waals surface area contributed by atoms with Gasteiger partial charge >= 0.3 is 12.4 Å². The fourth-order valence-corrected chi connectivity index (χ4v) is 6.71. The highest BCUT2D eigenvalue weighted by Crippen LogP contribution is 2.36. The van der Waals surface area contributed by atoms with Crippen LogP contribution in [0, 0.1) is 18.3 Å². The van der Waals surface area contributed by atoms with Crippen molar-refractivity contribution in [1.29, 1.82) is 5.26 Å². The van der Waals surface area contributed by atoms with Crippen LogP contribution in [0.3, 0.4) is 0 Å². The van der Waals surface area contributed by atoms with E-state index >= 15 is 0 Å². The molecule has 9 nitrogen and oxygen atoms in total. The van der Waals surface area contributed by atoms with Crippen LogP contribution in [0.1, 0.15) is 55.7 Å². The van der Waals surface area contributed by atoms with E-state index in [1.54, 1.807) is 36.0 Å². The van der Waals surface area contributed by atoms with Gasteiger partial charge in [-0.15, -0.1) is 18.3 Å². The lowest BCUT2D eigenvalue weighted by molar-refractivity contribution is -0.274. The van der Waals surface area contributed by atoms with Gasteiger partial charge in [-0.25, -0.2) is 14.5 Å². The topological polar surface area (TPSA) is 108 Å². The number of amidine groups is 1. The first-order valence-corrected chi connectivity index (χ1v) is 16.1. The van der Waals surface area contributed by atoms with Crippen molar-refractivity contribution < 1.29 is 22.7 Å². The third kappa shape index (κ3) is 8.13. The molecule has 1 fully saturated rings. The van der Waals surface area contributed by atoms with Crippen molar-refractivity contribution in [2.75, 3.05) is 17.2 Å². The van der Waals surface area contributed by atoms with E-state index in [4.69, 9.17) is 0 Å². The van der Waals surface area contributed by atoms with Gasteiger partial charge in [0.2, 0.25) is 0 Å². The molecule has 2 amide bonds. The molecule has 4 aromatic rings. The number of nitrogens with zero attached hydrogens (tertiary/aromatic N) is 6. The number of carbonyl (C=O) groups is 1. The smallest absolute Gasteiger partial charge is 0.406 e. The molecule has 0 radical (unpaired) electrons. The highest BCUT2D eigenvalue weighted by Gasteiger charge is 2.31. The van der Waals surface area contributed by atoms with E-state index < -0.39 is 18.3 Å². The van der Waals surface area contributed by atoms with E-state index in [2.05, 4.69) is 75.9 Å². The van der Waals surface area contributed by atoms with Crippen molar-refractivity contribution in [3.63, 3.8) is 0 Å². The summed E-state index contributed by atoms with van der Waals surface area (Å²) in [7, 11) is 0. The number of nitriles is 1. The molecular weight excluding hydrogens is 627 g/mol. The van der Waals surface area contributed by atoms with Crippen molar-refractivity contribution in [3.8, 4) is 28.9 Å². The molecule has 0 aliphatic carbocycles. The predicted octanol–water partition coefficient (Wildman–Crippen LogP) is 7.97. The lowest BCUT2D eigenvalue weighted by Gasteiger charge is -2.37. The number of anilines is 1. The molecule has 1 saturated heterocycles. The zero-order chi connectivity index (χ0) is 33.7. The van der Waals surface area contributed by atoms with Gasteiger partial charge in [0.15, 0.2) is 11.0 Å². The van der Waals surface area contributed by atoms with Crippen molar-refractivity contribution in [1.82, 2.24) is 20.1 Å². The first-order chi connectivity index (χ1) is 22.4. The third-order valence-electron chi connectivity index (χ3n) is 7.76. The van der Waals surface area contributed by atoms with Crippen LogP contribution in [0.5, 0.6) is 5.75 Å². The van der Waals surface area contributed by atoms with Crippen molar-refractivity contribution >= 4 is 28.6 Å². The maximum Gasteiger partial charge on any atom is 0.573 e. The number of nitrogens with one attached hydrogen (secondary N) is 1. The second-order valence-corrected chi connectivity index (χ2v) is 12.5. The standard InChI is InChI=1S/C34H34F3N7O2S/c1-21(2)30-22(3)6-5-7-29(30)44-23(4)16-17-47-33(44)41-32(45)39-19-26(18-38)24-8-10-25(11-9-24)31-40-20-43(42-31)27-12-14-28(15-13-27)46-34(35,36)37/h5-15,20-21,23,26H,16-17,19H2,1-4H3,(H,39,45). The molecule has 1 aliphatic heterocycles. The van der Waals surface area contributed by atoms with Crippen LogP contribution in [0.2, 0.25) is 0 Å². The average Bonchev–Trinajstić information content (AvgIpc) is 3.52. The van der Waals surface area contributed by atoms with Gasteiger partial charge in [-0.3, -0.25) is 0 Å². The summed E-state index contributed by atoms with van der Waals surface area (Å²) < 4.78 is 42.7. The zero-order valence-electron chi connectivity index (χ0n) is 26.3. The molecule has 2 unspecified atom stereocenters. The second-order valence-electron chi connectivity index (χ2n) is 11.5. The fraction of sp³-hybridized carbons (Fsp3) is 0.324. The number of aliphatic imine (C=N–C) groups is 1. The Bertz CT molecular complexity index is 1780. The lowest BCUT2D eigenvalue weighted by Crippen LogP contribution is -2.43. The summed E-state index contributed by atoms with van der Waals surface area (Å²) in [4.78, 5) is 24.0. The number of hydrogen-bond donors (Lipinski definition) is 1. The van der Waals surface area contributed by atoms with Crippen LogP contribution in [-0.4, -0.2) is 50.7 Å². The number of aromatic nitrogens is 3. The van der Waals surface area contributed by atoms with E-state index in [-0.39, 0.29) is 18.3 Å². The van der Waals surface area contributed by atoms with Crippen LogP contribution in [-0.2, 0) is 0 Å². The highest BCUT2D eigenvalue weighted by atomic mass is 32.2. The van der Waals surface area contributed by atoms with Gasteiger partial charge in [0.05, 0.1) is 17.7 Å². The van der Waals surface area contributed by atoms with E-state index in [0.717, 1.165) is 17.9 Å². The maximum atomic E-state index is 13.0. The normalized spacial score (nSPS) is 16.6. The fourth-order valence-electron chi connectivity index (χ4n) is 5.50. The lowest BCUT2D eigenvalue weighted by atomic mass is 9.95. The molecule has 244 valence electrons. The summed E-state index contributed by atoms with van der Waals surface area (Å²) in [5.74, 6) is 0.602. The summed E-state index contributed by atoms with van der Waals surface area (Å²) in [6.07, 6.45) is -2.35. The van der Waals surface area contributed by atoms with Crippen LogP contribution >= 0.6 is 11.8 Å². The number of halogens is 3. The number of thioether (sulfide) groups is 1. The maximum absolute atomic E-state index is 13.0. The minimum atomic E-state index is -4.77. The Morgan fingerprint density at radius 1 is 1.15 bits per heavy atom. The van der Waals surface area contributed by atoms with Gasteiger partial charge in [0.1, 0.15) is 12.1 Å². The van der Waals surface area contributed by atoms with Crippen molar-refractivity contribution in [2.45, 2.75) is 58.4 Å². The highest BCUT2D eigenvalue weighted by molar-refractivity contribution is 8.14.